The molecule has 1 saturated carbocycles. The summed E-state index contributed by atoms with van der Waals surface area (Å²) in [5.41, 5.74) is 6.23. The Morgan fingerprint density at radius 1 is 1.50 bits per heavy atom. The largest absolute Gasteiger partial charge is 0.330 e. The van der Waals surface area contributed by atoms with Gasteiger partial charge in [-0.3, -0.25) is 0 Å². The first-order valence-corrected chi connectivity index (χ1v) is 5.04. The van der Waals surface area contributed by atoms with Crippen molar-refractivity contribution in [1.82, 2.24) is 4.90 Å². The van der Waals surface area contributed by atoms with E-state index >= 15 is 0 Å². The molecule has 0 bridgehead atoms. The van der Waals surface area contributed by atoms with Crippen LogP contribution in [0.5, 0.6) is 0 Å². The van der Waals surface area contributed by atoms with Gasteiger partial charge in [0, 0.05) is 12.6 Å². The maximum Gasteiger partial charge on any atom is 0.00614 e. The Hall–Kier alpha value is -0.0800. The van der Waals surface area contributed by atoms with Gasteiger partial charge >= 0.3 is 0 Å². The summed E-state index contributed by atoms with van der Waals surface area (Å²) in [5, 5.41) is 0. The van der Waals surface area contributed by atoms with Gasteiger partial charge in [-0.05, 0) is 45.2 Å². The highest BCUT2D eigenvalue weighted by atomic mass is 15.1. The number of rotatable bonds is 5. The molecule has 0 amide bonds. The second-order valence-corrected chi connectivity index (χ2v) is 4.38. The topological polar surface area (TPSA) is 29.3 Å². The van der Waals surface area contributed by atoms with E-state index in [-0.39, 0.29) is 0 Å². The Kier molecular flexibility index (Phi) is 3.13. The molecule has 2 nitrogen and oxygen atoms in total. The zero-order valence-electron chi connectivity index (χ0n) is 8.64. The summed E-state index contributed by atoms with van der Waals surface area (Å²) in [7, 11) is 2.21. The van der Waals surface area contributed by atoms with Gasteiger partial charge in [-0.25, -0.2) is 0 Å². The number of nitrogens with two attached hydrogens (primary N) is 1. The van der Waals surface area contributed by atoms with Crippen LogP contribution in [0.2, 0.25) is 0 Å². The summed E-state index contributed by atoms with van der Waals surface area (Å²) in [6.07, 6.45) is 3.91. The van der Waals surface area contributed by atoms with Gasteiger partial charge in [0.1, 0.15) is 0 Å². The lowest BCUT2D eigenvalue weighted by Gasteiger charge is -2.27. The fourth-order valence-electron chi connectivity index (χ4n) is 1.60. The third-order valence-corrected chi connectivity index (χ3v) is 3.32. The molecular weight excluding hydrogens is 148 g/mol. The maximum absolute atomic E-state index is 5.73. The van der Waals surface area contributed by atoms with Crippen molar-refractivity contribution in [3.8, 4) is 0 Å². The van der Waals surface area contributed by atoms with E-state index in [2.05, 4.69) is 25.8 Å². The first-order valence-electron chi connectivity index (χ1n) is 5.04. The maximum atomic E-state index is 5.73. The minimum atomic E-state index is 0.498. The standard InChI is InChI=1S/C10H22N2/c1-4-9(2)12(3)8-10(7-11)5-6-10/h9H,4-8,11H2,1-3H3. The molecule has 0 aromatic rings. The molecule has 0 aromatic heterocycles. The third-order valence-electron chi connectivity index (χ3n) is 3.32. The monoisotopic (exact) mass is 170 g/mol. The average Bonchev–Trinajstić information content (AvgIpc) is 2.84. The highest BCUT2D eigenvalue weighted by molar-refractivity contribution is 4.96. The lowest BCUT2D eigenvalue weighted by Crippen LogP contribution is -2.36. The van der Waals surface area contributed by atoms with Crippen molar-refractivity contribution in [3.05, 3.63) is 0 Å². The van der Waals surface area contributed by atoms with Crippen molar-refractivity contribution < 1.29 is 0 Å². The molecule has 0 spiro atoms. The Balaban J connectivity index is 2.30. The van der Waals surface area contributed by atoms with Crippen LogP contribution in [0.25, 0.3) is 0 Å². The summed E-state index contributed by atoms with van der Waals surface area (Å²) >= 11 is 0. The normalized spacial score (nSPS) is 22.8. The van der Waals surface area contributed by atoms with Crippen LogP contribution in [0.15, 0.2) is 0 Å². The van der Waals surface area contributed by atoms with Crippen LogP contribution in [-0.4, -0.2) is 31.1 Å². The molecule has 1 unspecified atom stereocenters. The van der Waals surface area contributed by atoms with Crippen LogP contribution >= 0.6 is 0 Å². The predicted molar refractivity (Wildman–Crippen MR) is 53.1 cm³/mol. The predicted octanol–water partition coefficient (Wildman–Crippen LogP) is 1.46. The van der Waals surface area contributed by atoms with Crippen molar-refractivity contribution in [3.63, 3.8) is 0 Å². The van der Waals surface area contributed by atoms with Gasteiger partial charge in [0.2, 0.25) is 0 Å². The van der Waals surface area contributed by atoms with Gasteiger partial charge in [-0.2, -0.15) is 0 Å². The van der Waals surface area contributed by atoms with Crippen LogP contribution in [0, 0.1) is 5.41 Å². The van der Waals surface area contributed by atoms with Crippen molar-refractivity contribution in [2.24, 2.45) is 11.1 Å². The molecule has 0 aromatic carbocycles. The van der Waals surface area contributed by atoms with Crippen molar-refractivity contribution >= 4 is 0 Å². The Labute approximate surface area is 76.1 Å². The van der Waals surface area contributed by atoms with Crippen LogP contribution in [0.1, 0.15) is 33.1 Å². The lowest BCUT2D eigenvalue weighted by molar-refractivity contribution is 0.206. The smallest absolute Gasteiger partial charge is 0.00614 e. The molecule has 1 rings (SSSR count). The number of hydrogen-bond donors (Lipinski definition) is 1. The summed E-state index contributed by atoms with van der Waals surface area (Å²) in [6.45, 7) is 6.59. The molecule has 1 aliphatic rings. The van der Waals surface area contributed by atoms with E-state index in [4.69, 9.17) is 5.73 Å². The van der Waals surface area contributed by atoms with Gasteiger partial charge in [0.05, 0.1) is 0 Å². The van der Waals surface area contributed by atoms with E-state index in [0.29, 0.717) is 11.5 Å². The van der Waals surface area contributed by atoms with Gasteiger partial charge in [-0.1, -0.05) is 6.92 Å². The van der Waals surface area contributed by atoms with E-state index in [1.807, 2.05) is 0 Å². The van der Waals surface area contributed by atoms with Crippen LogP contribution < -0.4 is 5.73 Å². The van der Waals surface area contributed by atoms with E-state index in [0.717, 1.165) is 6.54 Å². The van der Waals surface area contributed by atoms with Gasteiger partial charge in [0.15, 0.2) is 0 Å². The summed E-state index contributed by atoms with van der Waals surface area (Å²) in [6, 6.07) is 0.703. The highest BCUT2D eigenvalue weighted by Gasteiger charge is 2.42. The molecule has 2 heteroatoms. The van der Waals surface area contributed by atoms with E-state index in [1.165, 1.54) is 25.8 Å². The molecule has 12 heavy (non-hydrogen) atoms. The SMILES string of the molecule is CCC(C)N(C)CC1(CN)CC1. The lowest BCUT2D eigenvalue weighted by atomic mass is 10.1. The minimum absolute atomic E-state index is 0.498. The van der Waals surface area contributed by atoms with Crippen LogP contribution in [0.4, 0.5) is 0 Å². The molecule has 1 aliphatic carbocycles. The van der Waals surface area contributed by atoms with Gasteiger partial charge in [0.25, 0.3) is 0 Å². The molecule has 0 saturated heterocycles. The van der Waals surface area contributed by atoms with Gasteiger partial charge in [-0.15, -0.1) is 0 Å². The molecule has 1 atom stereocenters. The summed E-state index contributed by atoms with van der Waals surface area (Å²) in [5.74, 6) is 0. The third kappa shape index (κ3) is 2.20. The molecule has 0 aliphatic heterocycles. The Morgan fingerprint density at radius 2 is 2.08 bits per heavy atom. The number of nitrogens with zero attached hydrogens (tertiary/aromatic N) is 1. The highest BCUT2D eigenvalue weighted by Crippen LogP contribution is 2.45. The Morgan fingerprint density at radius 3 is 2.42 bits per heavy atom. The van der Waals surface area contributed by atoms with Crippen LogP contribution in [0.3, 0.4) is 0 Å². The molecule has 72 valence electrons. The van der Waals surface area contributed by atoms with E-state index < -0.39 is 0 Å². The molecule has 0 heterocycles. The quantitative estimate of drug-likeness (QED) is 0.677. The fourth-order valence-corrected chi connectivity index (χ4v) is 1.60. The molecular formula is C10H22N2. The van der Waals surface area contributed by atoms with Crippen molar-refractivity contribution in [1.29, 1.82) is 0 Å². The summed E-state index contributed by atoms with van der Waals surface area (Å²) in [4.78, 5) is 2.44. The molecule has 0 radical (unpaired) electrons. The molecule has 1 fully saturated rings. The van der Waals surface area contributed by atoms with Gasteiger partial charge < -0.3 is 10.6 Å². The fraction of sp³-hybridized carbons (Fsp3) is 1.00. The second kappa shape index (κ2) is 3.75. The van der Waals surface area contributed by atoms with E-state index in [9.17, 15) is 0 Å². The Bertz CT molecular complexity index is 141. The zero-order valence-corrected chi connectivity index (χ0v) is 8.64. The minimum Gasteiger partial charge on any atom is -0.330 e. The molecule has 2 N–H and O–H groups in total. The first-order chi connectivity index (χ1) is 5.63. The summed E-state index contributed by atoms with van der Waals surface area (Å²) < 4.78 is 0. The van der Waals surface area contributed by atoms with Crippen LogP contribution in [-0.2, 0) is 0 Å². The second-order valence-electron chi connectivity index (χ2n) is 4.38. The van der Waals surface area contributed by atoms with E-state index in [1.54, 1.807) is 0 Å². The van der Waals surface area contributed by atoms with Crippen molar-refractivity contribution in [2.75, 3.05) is 20.1 Å². The van der Waals surface area contributed by atoms with Crippen molar-refractivity contribution in [2.45, 2.75) is 39.2 Å². The average molecular weight is 170 g/mol. The zero-order chi connectivity index (χ0) is 9.19. The number of hydrogen-bond acceptors (Lipinski definition) is 2. The first kappa shape index (κ1) is 10.0.